The van der Waals surface area contributed by atoms with Gasteiger partial charge in [-0.25, -0.2) is 0 Å². The predicted molar refractivity (Wildman–Crippen MR) is 120 cm³/mol. The molecular formula is C24H34N2O5. The van der Waals surface area contributed by atoms with Gasteiger partial charge in [-0.2, -0.15) is 0 Å². The van der Waals surface area contributed by atoms with Crippen molar-refractivity contribution in [3.05, 3.63) is 61.2 Å². The fourth-order valence-corrected chi connectivity index (χ4v) is 2.95. The van der Waals surface area contributed by atoms with E-state index in [1.165, 1.54) is 0 Å². The Hall–Kier alpha value is -2.93. The fraction of sp³-hybridized carbons (Fsp3) is 0.458. The van der Waals surface area contributed by atoms with E-state index in [9.17, 15) is 19.5 Å². The van der Waals surface area contributed by atoms with Gasteiger partial charge in [0.2, 0.25) is 11.8 Å². The Morgan fingerprint density at radius 1 is 1.19 bits per heavy atom. The zero-order chi connectivity index (χ0) is 23.1. The molecule has 0 saturated heterocycles. The molecule has 7 heteroatoms. The van der Waals surface area contributed by atoms with Gasteiger partial charge in [-0.3, -0.25) is 14.4 Å². The lowest BCUT2D eigenvalue weighted by molar-refractivity contribution is -0.145. The monoisotopic (exact) mass is 430 g/mol. The van der Waals surface area contributed by atoms with Crippen molar-refractivity contribution in [1.82, 2.24) is 10.2 Å². The Labute approximate surface area is 184 Å². The Bertz CT molecular complexity index is 720. The molecule has 2 amide bonds. The van der Waals surface area contributed by atoms with Crippen molar-refractivity contribution < 1.29 is 24.2 Å². The van der Waals surface area contributed by atoms with Crippen molar-refractivity contribution in [2.45, 2.75) is 45.2 Å². The molecule has 1 rings (SSSR count). The van der Waals surface area contributed by atoms with Gasteiger partial charge in [0.15, 0.2) is 0 Å². The van der Waals surface area contributed by atoms with E-state index < -0.39 is 5.92 Å². The number of carbonyl (C=O) groups excluding carboxylic acids is 3. The molecule has 0 saturated carbocycles. The van der Waals surface area contributed by atoms with E-state index in [2.05, 4.69) is 18.5 Å². The molecular weight excluding hydrogens is 396 g/mol. The smallest absolute Gasteiger partial charge is 0.306 e. The van der Waals surface area contributed by atoms with Crippen LogP contribution in [0.5, 0.6) is 0 Å². The van der Waals surface area contributed by atoms with E-state index >= 15 is 0 Å². The van der Waals surface area contributed by atoms with Crippen LogP contribution >= 0.6 is 0 Å². The lowest BCUT2D eigenvalue weighted by atomic mass is 9.98. The van der Waals surface area contributed by atoms with Gasteiger partial charge < -0.3 is 20.1 Å². The minimum Gasteiger partial charge on any atom is -0.463 e. The normalized spacial score (nSPS) is 12.3. The molecule has 0 unspecified atom stereocenters. The van der Waals surface area contributed by atoms with Gasteiger partial charge in [-0.05, 0) is 25.3 Å². The molecule has 2 N–H and O–H groups in total. The highest BCUT2D eigenvalue weighted by molar-refractivity contribution is 5.86. The van der Waals surface area contributed by atoms with E-state index in [1.54, 1.807) is 24.0 Å². The van der Waals surface area contributed by atoms with Gasteiger partial charge in [-0.1, -0.05) is 42.5 Å². The first kappa shape index (κ1) is 26.1. The topological polar surface area (TPSA) is 95.9 Å². The van der Waals surface area contributed by atoms with Crippen LogP contribution < -0.4 is 5.32 Å². The second-order valence-electron chi connectivity index (χ2n) is 7.37. The molecule has 2 atom stereocenters. The Kier molecular flexibility index (Phi) is 12.6. The third-order valence-corrected chi connectivity index (χ3v) is 4.62. The average Bonchev–Trinajstić information content (AvgIpc) is 2.76. The summed E-state index contributed by atoms with van der Waals surface area (Å²) in [6.07, 6.45) is 4.36. The summed E-state index contributed by atoms with van der Waals surface area (Å²) >= 11 is 0. The summed E-state index contributed by atoms with van der Waals surface area (Å²) in [5, 5.41) is 12.1. The zero-order valence-corrected chi connectivity index (χ0v) is 18.3. The minimum absolute atomic E-state index is 0.00344. The quantitative estimate of drug-likeness (QED) is 0.329. The maximum atomic E-state index is 12.9. The summed E-state index contributed by atoms with van der Waals surface area (Å²) in [4.78, 5) is 38.7. The average molecular weight is 431 g/mol. The van der Waals surface area contributed by atoms with Crippen LogP contribution in [0.3, 0.4) is 0 Å². The lowest BCUT2D eigenvalue weighted by Gasteiger charge is -2.25. The summed E-state index contributed by atoms with van der Waals surface area (Å²) in [5.41, 5.74) is 0.945. The number of nitrogens with zero attached hydrogens (tertiary/aromatic N) is 1. The van der Waals surface area contributed by atoms with Crippen molar-refractivity contribution in [2.75, 3.05) is 19.8 Å². The van der Waals surface area contributed by atoms with E-state index in [0.29, 0.717) is 19.4 Å². The summed E-state index contributed by atoms with van der Waals surface area (Å²) in [6, 6.07) is 9.09. The van der Waals surface area contributed by atoms with Crippen molar-refractivity contribution in [1.29, 1.82) is 0 Å². The molecule has 0 aromatic heterocycles. The number of amides is 2. The molecule has 0 radical (unpaired) electrons. The highest BCUT2D eigenvalue weighted by atomic mass is 16.5. The second-order valence-corrected chi connectivity index (χ2v) is 7.37. The number of hydrogen-bond acceptors (Lipinski definition) is 5. The van der Waals surface area contributed by atoms with Crippen molar-refractivity contribution in [3.63, 3.8) is 0 Å². The van der Waals surface area contributed by atoms with Gasteiger partial charge in [0.05, 0.1) is 18.6 Å². The van der Waals surface area contributed by atoms with Crippen molar-refractivity contribution >= 4 is 17.8 Å². The predicted octanol–water partition coefficient (Wildman–Crippen LogP) is 2.60. The van der Waals surface area contributed by atoms with Crippen LogP contribution in [0.15, 0.2) is 55.6 Å². The van der Waals surface area contributed by atoms with Gasteiger partial charge in [0, 0.05) is 25.9 Å². The van der Waals surface area contributed by atoms with Crippen LogP contribution in [0.4, 0.5) is 0 Å². The molecule has 31 heavy (non-hydrogen) atoms. The summed E-state index contributed by atoms with van der Waals surface area (Å²) in [7, 11) is 0. The van der Waals surface area contributed by atoms with Crippen molar-refractivity contribution in [2.24, 2.45) is 5.92 Å². The van der Waals surface area contributed by atoms with E-state index in [1.807, 2.05) is 30.3 Å². The van der Waals surface area contributed by atoms with Crippen LogP contribution in [0.1, 0.15) is 38.2 Å². The second kappa shape index (κ2) is 15.0. The number of benzene rings is 1. The maximum absolute atomic E-state index is 12.9. The molecule has 1 aromatic carbocycles. The zero-order valence-electron chi connectivity index (χ0n) is 18.3. The maximum Gasteiger partial charge on any atom is 0.306 e. The van der Waals surface area contributed by atoms with Crippen LogP contribution in [0, 0.1) is 5.92 Å². The van der Waals surface area contributed by atoms with Gasteiger partial charge in [0.25, 0.3) is 0 Å². The number of aliphatic hydroxyl groups is 1. The molecule has 0 spiro atoms. The SMILES string of the molecule is C=CCCC(=O)OC[C@H](C)NC(=O)[C@@H](CC=C)CC(=O)N(CCO)Cc1ccccc1. The van der Waals surface area contributed by atoms with Gasteiger partial charge in [-0.15, -0.1) is 13.2 Å². The molecule has 0 aliphatic heterocycles. The number of esters is 1. The van der Waals surface area contributed by atoms with E-state index in [0.717, 1.165) is 5.56 Å². The Morgan fingerprint density at radius 2 is 1.90 bits per heavy atom. The highest BCUT2D eigenvalue weighted by Gasteiger charge is 2.25. The number of carbonyl (C=O) groups is 3. The van der Waals surface area contributed by atoms with Gasteiger partial charge >= 0.3 is 5.97 Å². The minimum atomic E-state index is -0.596. The number of hydrogen-bond donors (Lipinski definition) is 2. The molecule has 0 aliphatic rings. The first-order chi connectivity index (χ1) is 14.9. The number of nitrogens with one attached hydrogen (secondary N) is 1. The number of allylic oxidation sites excluding steroid dienone is 2. The van der Waals surface area contributed by atoms with Crippen LogP contribution in [0.25, 0.3) is 0 Å². The number of aliphatic hydroxyl groups excluding tert-OH is 1. The fourth-order valence-electron chi connectivity index (χ4n) is 2.95. The molecule has 0 heterocycles. The summed E-state index contributed by atoms with van der Waals surface area (Å²) < 4.78 is 5.14. The summed E-state index contributed by atoms with van der Waals surface area (Å²) in [6.45, 7) is 9.42. The van der Waals surface area contributed by atoms with Crippen LogP contribution in [-0.4, -0.2) is 53.6 Å². The largest absolute Gasteiger partial charge is 0.463 e. The Balaban J connectivity index is 2.65. The highest BCUT2D eigenvalue weighted by Crippen LogP contribution is 2.14. The summed E-state index contributed by atoms with van der Waals surface area (Å²) in [5.74, 6) is -1.46. The van der Waals surface area contributed by atoms with Crippen molar-refractivity contribution in [3.8, 4) is 0 Å². The van der Waals surface area contributed by atoms with E-state index in [-0.39, 0.29) is 56.4 Å². The molecule has 170 valence electrons. The van der Waals surface area contributed by atoms with Crippen LogP contribution in [-0.2, 0) is 25.7 Å². The first-order valence-electron chi connectivity index (χ1n) is 10.5. The standard InChI is InChI=1S/C24H34N2O5/c1-4-6-13-23(29)31-18-19(3)25-24(30)21(10-5-2)16-22(28)26(14-15-27)17-20-11-8-7-9-12-20/h4-5,7-9,11-12,19,21,27H,1-2,6,10,13-18H2,3H3,(H,25,30)/t19-,21-/m0/s1. The third-order valence-electron chi connectivity index (χ3n) is 4.62. The molecule has 7 nitrogen and oxygen atoms in total. The van der Waals surface area contributed by atoms with Gasteiger partial charge in [0.1, 0.15) is 6.61 Å². The number of rotatable bonds is 15. The molecule has 0 bridgehead atoms. The van der Waals surface area contributed by atoms with Crippen LogP contribution in [0.2, 0.25) is 0 Å². The van der Waals surface area contributed by atoms with E-state index in [4.69, 9.17) is 4.74 Å². The third kappa shape index (κ3) is 10.6. The molecule has 0 fully saturated rings. The Morgan fingerprint density at radius 3 is 2.52 bits per heavy atom. The lowest BCUT2D eigenvalue weighted by Crippen LogP contribution is -2.42. The first-order valence-corrected chi connectivity index (χ1v) is 10.5. The molecule has 1 aromatic rings. The molecule has 0 aliphatic carbocycles. The number of ether oxygens (including phenoxy) is 1.